The van der Waals surface area contributed by atoms with E-state index in [-0.39, 0.29) is 10.8 Å². The Morgan fingerprint density at radius 3 is 2.35 bits per heavy atom. The van der Waals surface area contributed by atoms with E-state index >= 15 is 0 Å². The maximum atomic E-state index is 12.3. The van der Waals surface area contributed by atoms with Gasteiger partial charge in [0.25, 0.3) is 5.91 Å². The third-order valence-electron chi connectivity index (χ3n) is 3.87. The molecule has 0 aliphatic carbocycles. The number of hydrogen-bond acceptors (Lipinski definition) is 3. The van der Waals surface area contributed by atoms with Gasteiger partial charge in [0.1, 0.15) is 0 Å². The second-order valence-electron chi connectivity index (χ2n) is 5.69. The first-order chi connectivity index (χ1) is 10.8. The average molecular weight is 331 g/mol. The molecule has 0 saturated carbocycles. The van der Waals surface area contributed by atoms with Crippen LogP contribution in [0.15, 0.2) is 53.4 Å². The Labute approximate surface area is 137 Å². The first-order valence-corrected chi connectivity index (χ1v) is 9.42. The molecule has 0 unspecified atom stereocenters. The van der Waals surface area contributed by atoms with Crippen LogP contribution in [0.4, 0.5) is 5.69 Å². The third-order valence-corrected chi connectivity index (χ3v) is 4.98. The summed E-state index contributed by atoms with van der Waals surface area (Å²) in [7, 11) is -3.33. The minimum atomic E-state index is -3.33. The molecule has 0 spiro atoms. The van der Waals surface area contributed by atoms with Crippen LogP contribution in [-0.4, -0.2) is 20.6 Å². The van der Waals surface area contributed by atoms with E-state index < -0.39 is 9.84 Å². The molecular weight excluding hydrogens is 310 g/mol. The highest BCUT2D eigenvalue weighted by molar-refractivity contribution is 7.90. The summed E-state index contributed by atoms with van der Waals surface area (Å²) in [6.07, 6.45) is 2.18. The Kier molecular flexibility index (Phi) is 5.21. The molecule has 4 nitrogen and oxygen atoms in total. The van der Waals surface area contributed by atoms with Crippen molar-refractivity contribution in [2.45, 2.75) is 31.1 Å². The second-order valence-corrected chi connectivity index (χ2v) is 7.70. The summed E-state index contributed by atoms with van der Waals surface area (Å²) in [6.45, 7) is 4.29. The molecule has 0 fully saturated rings. The van der Waals surface area contributed by atoms with Crippen LogP contribution in [0.5, 0.6) is 0 Å². The van der Waals surface area contributed by atoms with Crippen molar-refractivity contribution in [3.8, 4) is 0 Å². The zero-order valence-corrected chi connectivity index (χ0v) is 14.4. The lowest BCUT2D eigenvalue weighted by atomic mass is 9.98. The summed E-state index contributed by atoms with van der Waals surface area (Å²) in [5.74, 6) is 0.151. The zero-order chi connectivity index (χ0) is 17.0. The lowest BCUT2D eigenvalue weighted by Crippen LogP contribution is -2.12. The van der Waals surface area contributed by atoms with Gasteiger partial charge in [-0.15, -0.1) is 0 Å². The number of carbonyl (C=O) groups is 1. The van der Waals surface area contributed by atoms with Crippen molar-refractivity contribution in [3.05, 3.63) is 59.7 Å². The Hall–Kier alpha value is -2.14. The predicted molar refractivity (Wildman–Crippen MR) is 92.7 cm³/mol. The molecular formula is C18H21NO3S. The van der Waals surface area contributed by atoms with Crippen LogP contribution in [0, 0.1) is 0 Å². The first-order valence-electron chi connectivity index (χ1n) is 7.52. The number of hydrogen-bond donors (Lipinski definition) is 1. The smallest absolute Gasteiger partial charge is 0.255 e. The first kappa shape index (κ1) is 17.2. The Bertz CT molecular complexity index is 795. The molecule has 0 aliphatic rings. The number of benzene rings is 2. The SMILES string of the molecule is CC[C@@H](C)c1ccc(NC(=O)c2cccc(S(C)(=O)=O)c2)cc1. The van der Waals surface area contributed by atoms with Crippen molar-refractivity contribution < 1.29 is 13.2 Å². The average Bonchev–Trinajstić information content (AvgIpc) is 2.54. The van der Waals surface area contributed by atoms with Crippen molar-refractivity contribution >= 4 is 21.4 Å². The van der Waals surface area contributed by atoms with Crippen molar-refractivity contribution in [3.63, 3.8) is 0 Å². The molecule has 2 aromatic rings. The number of rotatable bonds is 5. The second kappa shape index (κ2) is 6.96. The van der Waals surface area contributed by atoms with Crippen molar-refractivity contribution in [1.82, 2.24) is 0 Å². The summed E-state index contributed by atoms with van der Waals surface area (Å²) in [5, 5.41) is 2.79. The normalized spacial score (nSPS) is 12.7. The summed E-state index contributed by atoms with van der Waals surface area (Å²) < 4.78 is 23.1. The Balaban J connectivity index is 2.16. The van der Waals surface area contributed by atoms with Crippen LogP contribution in [-0.2, 0) is 9.84 Å². The maximum absolute atomic E-state index is 12.3. The predicted octanol–water partition coefficient (Wildman–Crippen LogP) is 3.86. The highest BCUT2D eigenvalue weighted by atomic mass is 32.2. The van der Waals surface area contributed by atoms with Gasteiger partial charge in [-0.05, 0) is 48.2 Å². The van der Waals surface area contributed by atoms with E-state index in [2.05, 4.69) is 19.2 Å². The monoisotopic (exact) mass is 331 g/mol. The van der Waals surface area contributed by atoms with Gasteiger partial charge in [0.2, 0.25) is 0 Å². The van der Waals surface area contributed by atoms with Gasteiger partial charge in [0, 0.05) is 17.5 Å². The topological polar surface area (TPSA) is 63.2 Å². The van der Waals surface area contributed by atoms with Gasteiger partial charge in [0.05, 0.1) is 4.90 Å². The minimum absolute atomic E-state index is 0.136. The van der Waals surface area contributed by atoms with Crippen LogP contribution in [0.2, 0.25) is 0 Å². The molecule has 122 valence electrons. The molecule has 1 atom stereocenters. The number of sulfone groups is 1. The number of carbonyl (C=O) groups excluding carboxylic acids is 1. The molecule has 1 amide bonds. The minimum Gasteiger partial charge on any atom is -0.322 e. The maximum Gasteiger partial charge on any atom is 0.255 e. The molecule has 0 heterocycles. The van der Waals surface area contributed by atoms with E-state index in [4.69, 9.17) is 0 Å². The van der Waals surface area contributed by atoms with Crippen molar-refractivity contribution in [1.29, 1.82) is 0 Å². The number of nitrogens with one attached hydrogen (secondary N) is 1. The summed E-state index contributed by atoms with van der Waals surface area (Å²) >= 11 is 0. The van der Waals surface area contributed by atoms with Crippen LogP contribution in [0.25, 0.3) is 0 Å². The van der Waals surface area contributed by atoms with E-state index in [9.17, 15) is 13.2 Å². The fraction of sp³-hybridized carbons (Fsp3) is 0.278. The van der Waals surface area contributed by atoms with Gasteiger partial charge in [0.15, 0.2) is 9.84 Å². The highest BCUT2D eigenvalue weighted by Crippen LogP contribution is 2.21. The van der Waals surface area contributed by atoms with E-state index in [1.165, 1.54) is 17.7 Å². The fourth-order valence-corrected chi connectivity index (χ4v) is 2.87. The van der Waals surface area contributed by atoms with Gasteiger partial charge >= 0.3 is 0 Å². The lowest BCUT2D eigenvalue weighted by Gasteiger charge is -2.11. The summed E-state index contributed by atoms with van der Waals surface area (Å²) in [6, 6.07) is 13.7. The van der Waals surface area contributed by atoms with E-state index in [0.717, 1.165) is 12.7 Å². The van der Waals surface area contributed by atoms with E-state index in [1.807, 2.05) is 24.3 Å². The van der Waals surface area contributed by atoms with Crippen LogP contribution >= 0.6 is 0 Å². The largest absolute Gasteiger partial charge is 0.322 e. The molecule has 23 heavy (non-hydrogen) atoms. The Morgan fingerprint density at radius 2 is 1.78 bits per heavy atom. The molecule has 0 saturated heterocycles. The number of anilines is 1. The van der Waals surface area contributed by atoms with Crippen molar-refractivity contribution in [2.24, 2.45) is 0 Å². The molecule has 2 aromatic carbocycles. The highest BCUT2D eigenvalue weighted by Gasteiger charge is 2.12. The lowest BCUT2D eigenvalue weighted by molar-refractivity contribution is 0.102. The van der Waals surface area contributed by atoms with Crippen LogP contribution in [0.3, 0.4) is 0 Å². The van der Waals surface area contributed by atoms with E-state index in [1.54, 1.807) is 12.1 Å². The zero-order valence-electron chi connectivity index (χ0n) is 13.5. The quantitative estimate of drug-likeness (QED) is 0.905. The fourth-order valence-electron chi connectivity index (χ4n) is 2.20. The molecule has 0 aromatic heterocycles. The van der Waals surface area contributed by atoms with E-state index in [0.29, 0.717) is 17.2 Å². The van der Waals surface area contributed by atoms with Gasteiger partial charge in [-0.3, -0.25) is 4.79 Å². The van der Waals surface area contributed by atoms with Gasteiger partial charge in [-0.1, -0.05) is 32.0 Å². The summed E-state index contributed by atoms with van der Waals surface area (Å²) in [5.41, 5.74) is 2.23. The molecule has 0 radical (unpaired) electrons. The third kappa shape index (κ3) is 4.42. The number of amides is 1. The molecule has 0 aliphatic heterocycles. The van der Waals surface area contributed by atoms with Crippen LogP contribution < -0.4 is 5.32 Å². The molecule has 1 N–H and O–H groups in total. The standard InChI is InChI=1S/C18H21NO3S/c1-4-13(2)14-8-10-16(11-9-14)19-18(20)15-6-5-7-17(12-15)23(3,21)22/h5-13H,4H2,1-3H3,(H,19,20)/t13-/m1/s1. The molecule has 2 rings (SSSR count). The summed E-state index contributed by atoms with van der Waals surface area (Å²) in [4.78, 5) is 12.4. The molecule has 5 heteroatoms. The van der Waals surface area contributed by atoms with Gasteiger partial charge < -0.3 is 5.32 Å². The van der Waals surface area contributed by atoms with Crippen molar-refractivity contribution in [2.75, 3.05) is 11.6 Å². The van der Waals surface area contributed by atoms with Gasteiger partial charge in [-0.2, -0.15) is 0 Å². The van der Waals surface area contributed by atoms with Gasteiger partial charge in [-0.25, -0.2) is 8.42 Å². The van der Waals surface area contributed by atoms with Crippen LogP contribution in [0.1, 0.15) is 42.1 Å². The molecule has 0 bridgehead atoms. The Morgan fingerprint density at radius 1 is 1.13 bits per heavy atom.